The first kappa shape index (κ1) is 13.8. The minimum absolute atomic E-state index is 0.0413. The summed E-state index contributed by atoms with van der Waals surface area (Å²) in [5.74, 6) is -0.475. The van der Waals surface area contributed by atoms with E-state index in [9.17, 15) is 12.8 Å². The molecular formula is C15H13FN2O2S. The first-order valence-electron chi connectivity index (χ1n) is 6.34. The van der Waals surface area contributed by atoms with Gasteiger partial charge >= 0.3 is 0 Å². The van der Waals surface area contributed by atoms with Crippen LogP contribution in [0.1, 0.15) is 5.56 Å². The predicted octanol–water partition coefficient (Wildman–Crippen LogP) is 2.48. The Bertz CT molecular complexity index is 899. The van der Waals surface area contributed by atoms with Crippen LogP contribution in [0.15, 0.2) is 59.6 Å². The number of hydrogen-bond acceptors (Lipinski definition) is 3. The lowest BCUT2D eigenvalue weighted by Crippen LogP contribution is -2.11. The minimum Gasteiger partial charge on any atom is -0.326 e. The number of fused-ring (bicyclic) bond motifs is 1. The van der Waals surface area contributed by atoms with E-state index in [1.807, 2.05) is 6.07 Å². The molecule has 0 atom stereocenters. The highest BCUT2D eigenvalue weighted by Gasteiger charge is 2.19. The molecule has 3 rings (SSSR count). The summed E-state index contributed by atoms with van der Waals surface area (Å²) in [6, 6.07) is 11.8. The molecule has 0 saturated carbocycles. The monoisotopic (exact) mass is 304 g/mol. The van der Waals surface area contributed by atoms with Gasteiger partial charge in [0.1, 0.15) is 5.82 Å². The molecule has 0 bridgehead atoms. The Morgan fingerprint density at radius 3 is 2.43 bits per heavy atom. The Balaban J connectivity index is 2.22. The zero-order valence-corrected chi connectivity index (χ0v) is 11.8. The number of benzene rings is 2. The number of rotatable bonds is 3. The second-order valence-corrected chi connectivity index (χ2v) is 6.44. The summed E-state index contributed by atoms with van der Waals surface area (Å²) < 4.78 is 39.4. The van der Waals surface area contributed by atoms with Crippen molar-refractivity contribution < 1.29 is 12.8 Å². The zero-order valence-electron chi connectivity index (χ0n) is 11.0. The third kappa shape index (κ3) is 2.22. The molecule has 0 unspecified atom stereocenters. The molecule has 1 heterocycles. The van der Waals surface area contributed by atoms with Crippen molar-refractivity contribution in [2.24, 2.45) is 5.73 Å². The molecule has 2 aromatic carbocycles. The van der Waals surface area contributed by atoms with Crippen LogP contribution in [-0.4, -0.2) is 12.4 Å². The fraction of sp³-hybridized carbons (Fsp3) is 0.0667. The Labute approximate surface area is 121 Å². The summed E-state index contributed by atoms with van der Waals surface area (Å²) in [7, 11) is -3.75. The van der Waals surface area contributed by atoms with Crippen molar-refractivity contribution >= 4 is 20.9 Å². The standard InChI is InChI=1S/C15H13FN2O2S/c16-12-4-6-13(7-5-12)21(19,20)18-9-8-14-11(10-17)2-1-3-15(14)18/h1-9H,10,17H2. The molecule has 0 fully saturated rings. The molecular weight excluding hydrogens is 291 g/mol. The summed E-state index contributed by atoms with van der Waals surface area (Å²) in [5, 5.41) is 0.797. The van der Waals surface area contributed by atoms with Crippen LogP contribution in [0.5, 0.6) is 0 Å². The van der Waals surface area contributed by atoms with Crippen molar-refractivity contribution in [3.63, 3.8) is 0 Å². The van der Waals surface area contributed by atoms with Gasteiger partial charge in [0, 0.05) is 18.1 Å². The summed E-state index contributed by atoms with van der Waals surface area (Å²) in [6.45, 7) is 0.331. The lowest BCUT2D eigenvalue weighted by atomic mass is 10.1. The van der Waals surface area contributed by atoms with E-state index in [0.29, 0.717) is 12.1 Å². The highest BCUT2D eigenvalue weighted by atomic mass is 32.2. The third-order valence-electron chi connectivity index (χ3n) is 3.38. The minimum atomic E-state index is -3.75. The van der Waals surface area contributed by atoms with E-state index in [2.05, 4.69) is 0 Å². The number of halogens is 1. The summed E-state index contributed by atoms with van der Waals surface area (Å²) in [6.07, 6.45) is 1.49. The molecule has 0 amide bonds. The van der Waals surface area contributed by atoms with E-state index in [1.54, 1.807) is 18.2 Å². The summed E-state index contributed by atoms with van der Waals surface area (Å²) >= 11 is 0. The van der Waals surface area contributed by atoms with Crippen LogP contribution in [0.2, 0.25) is 0 Å². The van der Waals surface area contributed by atoms with E-state index in [4.69, 9.17) is 5.73 Å². The topological polar surface area (TPSA) is 65.1 Å². The van der Waals surface area contributed by atoms with Gasteiger partial charge < -0.3 is 5.73 Å². The van der Waals surface area contributed by atoms with Crippen LogP contribution in [0.4, 0.5) is 4.39 Å². The van der Waals surface area contributed by atoms with Crippen LogP contribution in [0.25, 0.3) is 10.9 Å². The first-order chi connectivity index (χ1) is 10.0. The first-order valence-corrected chi connectivity index (χ1v) is 7.78. The Morgan fingerprint density at radius 2 is 1.76 bits per heavy atom. The van der Waals surface area contributed by atoms with Gasteiger partial charge in [0.15, 0.2) is 0 Å². The molecule has 0 radical (unpaired) electrons. The van der Waals surface area contributed by atoms with Crippen molar-refractivity contribution in [3.8, 4) is 0 Å². The zero-order chi connectivity index (χ0) is 15.0. The normalized spacial score (nSPS) is 11.9. The molecule has 0 aliphatic heterocycles. The average molecular weight is 304 g/mol. The largest absolute Gasteiger partial charge is 0.326 e. The van der Waals surface area contributed by atoms with Crippen LogP contribution in [0, 0.1) is 5.82 Å². The predicted molar refractivity (Wildman–Crippen MR) is 78.8 cm³/mol. The van der Waals surface area contributed by atoms with E-state index < -0.39 is 15.8 Å². The highest BCUT2D eigenvalue weighted by molar-refractivity contribution is 7.90. The van der Waals surface area contributed by atoms with Gasteiger partial charge in [-0.15, -0.1) is 0 Å². The molecule has 3 aromatic rings. The Morgan fingerprint density at radius 1 is 1.05 bits per heavy atom. The molecule has 0 aliphatic rings. The summed E-state index contributed by atoms with van der Waals surface area (Å²) in [4.78, 5) is 0.0413. The number of nitrogens with two attached hydrogens (primary N) is 1. The SMILES string of the molecule is NCc1cccc2c1ccn2S(=O)(=O)c1ccc(F)cc1. The van der Waals surface area contributed by atoms with Gasteiger partial charge in [0.25, 0.3) is 10.0 Å². The van der Waals surface area contributed by atoms with Gasteiger partial charge in [-0.05, 0) is 42.0 Å². The smallest absolute Gasteiger partial charge is 0.268 e. The Kier molecular flexibility index (Phi) is 3.27. The molecule has 6 heteroatoms. The maximum atomic E-state index is 13.0. The number of aromatic nitrogens is 1. The van der Waals surface area contributed by atoms with Crippen LogP contribution in [-0.2, 0) is 16.6 Å². The molecule has 0 aliphatic carbocycles. The molecule has 2 N–H and O–H groups in total. The second kappa shape index (κ2) is 4.98. The van der Waals surface area contributed by atoms with Gasteiger partial charge in [-0.2, -0.15) is 0 Å². The van der Waals surface area contributed by atoms with Gasteiger partial charge in [-0.3, -0.25) is 0 Å². The molecule has 0 saturated heterocycles. The van der Waals surface area contributed by atoms with Crippen LogP contribution in [0.3, 0.4) is 0 Å². The maximum absolute atomic E-state index is 13.0. The molecule has 21 heavy (non-hydrogen) atoms. The van der Waals surface area contributed by atoms with Crippen molar-refractivity contribution in [2.75, 3.05) is 0 Å². The quantitative estimate of drug-likeness (QED) is 0.808. The van der Waals surface area contributed by atoms with Crippen LogP contribution < -0.4 is 5.73 Å². The lowest BCUT2D eigenvalue weighted by Gasteiger charge is -2.08. The van der Waals surface area contributed by atoms with E-state index in [0.717, 1.165) is 23.1 Å². The number of nitrogens with zero attached hydrogens (tertiary/aromatic N) is 1. The van der Waals surface area contributed by atoms with Gasteiger partial charge in [-0.25, -0.2) is 16.8 Å². The van der Waals surface area contributed by atoms with E-state index >= 15 is 0 Å². The molecule has 1 aromatic heterocycles. The molecule has 0 spiro atoms. The van der Waals surface area contributed by atoms with Gasteiger partial charge in [-0.1, -0.05) is 12.1 Å². The highest BCUT2D eigenvalue weighted by Crippen LogP contribution is 2.24. The van der Waals surface area contributed by atoms with Crippen molar-refractivity contribution in [2.45, 2.75) is 11.4 Å². The van der Waals surface area contributed by atoms with Crippen molar-refractivity contribution in [1.82, 2.24) is 3.97 Å². The lowest BCUT2D eigenvalue weighted by molar-refractivity contribution is 0.588. The van der Waals surface area contributed by atoms with Crippen LogP contribution >= 0.6 is 0 Å². The number of hydrogen-bond donors (Lipinski definition) is 1. The average Bonchev–Trinajstić information content (AvgIpc) is 2.92. The summed E-state index contributed by atoms with van der Waals surface area (Å²) in [5.41, 5.74) is 7.09. The molecule has 4 nitrogen and oxygen atoms in total. The third-order valence-corrected chi connectivity index (χ3v) is 5.08. The van der Waals surface area contributed by atoms with Crippen molar-refractivity contribution in [1.29, 1.82) is 0 Å². The van der Waals surface area contributed by atoms with Gasteiger partial charge in [0.05, 0.1) is 10.4 Å². The van der Waals surface area contributed by atoms with E-state index in [-0.39, 0.29) is 4.90 Å². The fourth-order valence-electron chi connectivity index (χ4n) is 2.31. The van der Waals surface area contributed by atoms with Crippen molar-refractivity contribution in [3.05, 3.63) is 66.1 Å². The van der Waals surface area contributed by atoms with E-state index in [1.165, 1.54) is 22.3 Å². The Hall–Kier alpha value is -2.18. The van der Waals surface area contributed by atoms with Gasteiger partial charge in [0.2, 0.25) is 0 Å². The molecule has 108 valence electrons. The fourth-order valence-corrected chi connectivity index (χ4v) is 3.66. The maximum Gasteiger partial charge on any atom is 0.268 e. The second-order valence-electron chi connectivity index (χ2n) is 4.62.